The molecular formula is C17H24N2O6S2. The van der Waals surface area contributed by atoms with E-state index >= 15 is 0 Å². The molecule has 150 valence electrons. The molecule has 1 aromatic rings. The van der Waals surface area contributed by atoms with Crippen LogP contribution in [0.4, 0.5) is 0 Å². The number of sulfonamides is 2. The van der Waals surface area contributed by atoms with Crippen LogP contribution in [-0.4, -0.2) is 52.3 Å². The van der Waals surface area contributed by atoms with Crippen molar-refractivity contribution in [3.05, 3.63) is 24.3 Å². The molecule has 1 atom stereocenters. The average Bonchev–Trinajstić information content (AvgIpc) is 3.45. The number of carbonyl (C=O) groups excluding carboxylic acids is 1. The molecule has 0 bridgehead atoms. The lowest BCUT2D eigenvalue weighted by Crippen LogP contribution is -2.48. The first kappa shape index (κ1) is 20.2. The fourth-order valence-corrected chi connectivity index (χ4v) is 6.03. The summed E-state index contributed by atoms with van der Waals surface area (Å²) in [6.45, 7) is 2.09. The van der Waals surface area contributed by atoms with E-state index in [0.29, 0.717) is 12.8 Å². The standard InChI is InChI=1S/C17H24N2O6S2/c1-2-25-17(20)16-5-3-4-12-19(16)27(23,24)15-10-8-14(9-11-15)26(21,22)18-13-6-7-13/h8-11,13,16,18H,2-7,12H2,1H3. The quantitative estimate of drug-likeness (QED) is 0.670. The maximum atomic E-state index is 13.0. The Bertz CT molecular complexity index is 892. The van der Waals surface area contributed by atoms with Crippen LogP contribution in [0, 0.1) is 0 Å². The summed E-state index contributed by atoms with van der Waals surface area (Å²) in [5, 5.41) is 0. The van der Waals surface area contributed by atoms with Gasteiger partial charge in [0.25, 0.3) is 0 Å². The van der Waals surface area contributed by atoms with Crippen molar-refractivity contribution in [2.24, 2.45) is 0 Å². The second-order valence-electron chi connectivity index (χ2n) is 6.75. The molecule has 1 N–H and O–H groups in total. The molecule has 0 amide bonds. The minimum atomic E-state index is -3.93. The van der Waals surface area contributed by atoms with E-state index in [1.54, 1.807) is 6.92 Å². The van der Waals surface area contributed by atoms with Crippen LogP contribution in [0.15, 0.2) is 34.1 Å². The molecule has 1 saturated heterocycles. The first-order valence-electron chi connectivity index (χ1n) is 9.06. The molecule has 0 aromatic heterocycles. The van der Waals surface area contributed by atoms with Crippen molar-refractivity contribution in [1.29, 1.82) is 0 Å². The van der Waals surface area contributed by atoms with Crippen LogP contribution in [-0.2, 0) is 29.6 Å². The second kappa shape index (κ2) is 7.86. The summed E-state index contributed by atoms with van der Waals surface area (Å²) < 4.78 is 59.2. The average molecular weight is 417 g/mol. The Balaban J connectivity index is 1.84. The Kier molecular flexibility index (Phi) is 5.90. The maximum Gasteiger partial charge on any atom is 0.324 e. The number of nitrogens with one attached hydrogen (secondary N) is 1. The third-order valence-electron chi connectivity index (χ3n) is 4.65. The lowest BCUT2D eigenvalue weighted by atomic mass is 10.1. The van der Waals surface area contributed by atoms with E-state index < -0.39 is 32.1 Å². The number of hydrogen-bond donors (Lipinski definition) is 1. The molecular weight excluding hydrogens is 392 g/mol. The van der Waals surface area contributed by atoms with Gasteiger partial charge in [0.2, 0.25) is 20.0 Å². The smallest absolute Gasteiger partial charge is 0.324 e. The van der Waals surface area contributed by atoms with Crippen molar-refractivity contribution in [2.75, 3.05) is 13.2 Å². The van der Waals surface area contributed by atoms with Crippen LogP contribution < -0.4 is 4.72 Å². The highest BCUT2D eigenvalue weighted by Crippen LogP contribution is 2.27. The van der Waals surface area contributed by atoms with Crippen LogP contribution >= 0.6 is 0 Å². The van der Waals surface area contributed by atoms with Gasteiger partial charge in [-0.25, -0.2) is 21.6 Å². The number of nitrogens with zero attached hydrogens (tertiary/aromatic N) is 1. The Labute approximate surface area is 160 Å². The molecule has 2 aliphatic rings. The van der Waals surface area contributed by atoms with Gasteiger partial charge in [-0.3, -0.25) is 4.79 Å². The van der Waals surface area contributed by atoms with Crippen molar-refractivity contribution in [3.8, 4) is 0 Å². The topological polar surface area (TPSA) is 110 Å². The van der Waals surface area contributed by atoms with Gasteiger partial charge in [0.15, 0.2) is 0 Å². The first-order valence-corrected chi connectivity index (χ1v) is 12.0. The van der Waals surface area contributed by atoms with Crippen LogP contribution in [0.3, 0.4) is 0 Å². The predicted octanol–water partition coefficient (Wildman–Crippen LogP) is 1.23. The van der Waals surface area contributed by atoms with E-state index in [4.69, 9.17) is 4.74 Å². The van der Waals surface area contributed by atoms with Crippen molar-refractivity contribution in [1.82, 2.24) is 9.03 Å². The predicted molar refractivity (Wildman–Crippen MR) is 97.9 cm³/mol. The number of ether oxygens (including phenoxy) is 1. The van der Waals surface area contributed by atoms with Gasteiger partial charge in [-0.2, -0.15) is 4.31 Å². The van der Waals surface area contributed by atoms with E-state index in [2.05, 4.69) is 4.72 Å². The molecule has 8 nitrogen and oxygen atoms in total. The van der Waals surface area contributed by atoms with Gasteiger partial charge in [-0.1, -0.05) is 0 Å². The lowest BCUT2D eigenvalue weighted by molar-refractivity contribution is -0.148. The van der Waals surface area contributed by atoms with Gasteiger partial charge in [0, 0.05) is 12.6 Å². The zero-order valence-corrected chi connectivity index (χ0v) is 16.8. The van der Waals surface area contributed by atoms with Gasteiger partial charge >= 0.3 is 5.97 Å². The molecule has 3 rings (SSSR count). The summed E-state index contributed by atoms with van der Waals surface area (Å²) in [6.07, 6.45) is 3.45. The molecule has 1 aliphatic heterocycles. The van der Waals surface area contributed by atoms with E-state index in [1.165, 1.54) is 28.6 Å². The largest absolute Gasteiger partial charge is 0.465 e. The maximum absolute atomic E-state index is 13.0. The molecule has 0 radical (unpaired) electrons. The van der Waals surface area contributed by atoms with E-state index in [9.17, 15) is 21.6 Å². The molecule has 10 heteroatoms. The fourth-order valence-electron chi connectivity index (χ4n) is 3.08. The highest BCUT2D eigenvalue weighted by atomic mass is 32.2. The zero-order valence-electron chi connectivity index (χ0n) is 15.1. The highest BCUT2D eigenvalue weighted by Gasteiger charge is 2.38. The number of esters is 1. The van der Waals surface area contributed by atoms with Gasteiger partial charge in [0.05, 0.1) is 16.4 Å². The molecule has 1 aliphatic carbocycles. The van der Waals surface area contributed by atoms with Gasteiger partial charge in [-0.15, -0.1) is 0 Å². The van der Waals surface area contributed by atoms with Crippen LogP contribution in [0.5, 0.6) is 0 Å². The summed E-state index contributed by atoms with van der Waals surface area (Å²) in [5.74, 6) is -0.548. The SMILES string of the molecule is CCOC(=O)C1CCCCN1S(=O)(=O)c1ccc(S(=O)(=O)NC2CC2)cc1. The summed E-state index contributed by atoms with van der Waals surface area (Å²) in [7, 11) is -7.58. The Morgan fingerprint density at radius 3 is 2.30 bits per heavy atom. The highest BCUT2D eigenvalue weighted by molar-refractivity contribution is 7.89. The first-order chi connectivity index (χ1) is 12.8. The molecule has 2 fully saturated rings. The number of hydrogen-bond acceptors (Lipinski definition) is 6. The summed E-state index contributed by atoms with van der Waals surface area (Å²) >= 11 is 0. The minimum absolute atomic E-state index is 0.0222. The molecule has 1 unspecified atom stereocenters. The molecule has 1 heterocycles. The van der Waals surface area contributed by atoms with Gasteiger partial charge < -0.3 is 4.74 Å². The van der Waals surface area contributed by atoms with E-state index in [-0.39, 0.29) is 29.0 Å². The summed E-state index contributed by atoms with van der Waals surface area (Å²) in [4.78, 5) is 12.1. The van der Waals surface area contributed by atoms with Gasteiger partial charge in [0.1, 0.15) is 6.04 Å². The number of carbonyl (C=O) groups is 1. The fraction of sp³-hybridized carbons (Fsp3) is 0.588. The lowest BCUT2D eigenvalue weighted by Gasteiger charge is -2.32. The zero-order chi connectivity index (χ0) is 19.7. The van der Waals surface area contributed by atoms with Crippen LogP contribution in [0.1, 0.15) is 39.0 Å². The third-order valence-corrected chi connectivity index (χ3v) is 8.11. The van der Waals surface area contributed by atoms with Crippen molar-refractivity contribution in [2.45, 2.75) is 60.9 Å². The Hall–Kier alpha value is -1.49. The molecule has 1 saturated carbocycles. The molecule has 1 aromatic carbocycles. The Morgan fingerprint density at radius 2 is 1.70 bits per heavy atom. The third kappa shape index (κ3) is 4.50. The molecule has 27 heavy (non-hydrogen) atoms. The van der Waals surface area contributed by atoms with E-state index in [0.717, 1.165) is 19.3 Å². The van der Waals surface area contributed by atoms with Crippen LogP contribution in [0.2, 0.25) is 0 Å². The summed E-state index contributed by atoms with van der Waals surface area (Å²) in [5.41, 5.74) is 0. The number of benzene rings is 1. The Morgan fingerprint density at radius 1 is 1.07 bits per heavy atom. The van der Waals surface area contributed by atoms with Crippen LogP contribution in [0.25, 0.3) is 0 Å². The van der Waals surface area contributed by atoms with Crippen molar-refractivity contribution < 1.29 is 26.4 Å². The van der Waals surface area contributed by atoms with Crippen molar-refractivity contribution >= 4 is 26.0 Å². The van der Waals surface area contributed by atoms with Gasteiger partial charge in [-0.05, 0) is 63.3 Å². The van der Waals surface area contributed by atoms with Crippen molar-refractivity contribution in [3.63, 3.8) is 0 Å². The minimum Gasteiger partial charge on any atom is -0.465 e. The van der Waals surface area contributed by atoms with E-state index in [1.807, 2.05) is 0 Å². The molecule has 0 spiro atoms. The second-order valence-corrected chi connectivity index (χ2v) is 10.4. The summed E-state index contributed by atoms with van der Waals surface area (Å²) in [6, 6.07) is 4.23. The normalized spacial score (nSPS) is 21.7. The number of rotatable bonds is 7. The number of piperidine rings is 1. The monoisotopic (exact) mass is 416 g/mol.